The third-order valence-corrected chi connectivity index (χ3v) is 4.54. The number of pyridine rings is 1. The third-order valence-electron chi connectivity index (χ3n) is 3.65. The molecule has 0 aliphatic heterocycles. The number of nitrogens with zero attached hydrogens (tertiary/aromatic N) is 2. The molecular weight excluding hydrogens is 318 g/mol. The Kier molecular flexibility index (Phi) is 3.76. The van der Waals surface area contributed by atoms with Crippen molar-refractivity contribution in [2.24, 2.45) is 0 Å². The van der Waals surface area contributed by atoms with E-state index in [-0.39, 0.29) is 5.91 Å². The van der Waals surface area contributed by atoms with Crippen molar-refractivity contribution in [3.8, 4) is 10.6 Å². The number of hydrogen-bond acceptors (Lipinski definition) is 4. The molecule has 2 aromatic heterocycles. The molecule has 0 saturated heterocycles. The predicted octanol–water partition coefficient (Wildman–Crippen LogP) is 4.61. The highest BCUT2D eigenvalue weighted by molar-refractivity contribution is 7.13. The molecule has 0 atom stereocenters. The van der Waals surface area contributed by atoms with Crippen molar-refractivity contribution in [2.45, 2.75) is 0 Å². The molecule has 2 heterocycles. The van der Waals surface area contributed by atoms with Gasteiger partial charge in [0.2, 0.25) is 0 Å². The lowest BCUT2D eigenvalue weighted by Gasteiger charge is -2.06. The van der Waals surface area contributed by atoms with Gasteiger partial charge in [0.05, 0.1) is 11.2 Å². The van der Waals surface area contributed by atoms with Gasteiger partial charge < -0.3 is 5.32 Å². The summed E-state index contributed by atoms with van der Waals surface area (Å²) in [5.41, 5.74) is 3.01. The quantitative estimate of drug-likeness (QED) is 0.596. The zero-order chi connectivity index (χ0) is 16.4. The average Bonchev–Trinajstić information content (AvgIpc) is 3.13. The van der Waals surface area contributed by atoms with Gasteiger partial charge in [-0.2, -0.15) is 0 Å². The van der Waals surface area contributed by atoms with Gasteiger partial charge >= 0.3 is 0 Å². The van der Waals surface area contributed by atoms with Gasteiger partial charge in [0, 0.05) is 22.5 Å². The van der Waals surface area contributed by atoms with Crippen molar-refractivity contribution in [3.05, 3.63) is 77.9 Å². The summed E-state index contributed by atoms with van der Waals surface area (Å²) in [4.78, 5) is 21.3. The Labute approximate surface area is 142 Å². The van der Waals surface area contributed by atoms with Crippen molar-refractivity contribution in [3.63, 3.8) is 0 Å². The lowest BCUT2D eigenvalue weighted by molar-refractivity contribution is 0.102. The Morgan fingerprint density at radius 2 is 1.83 bits per heavy atom. The van der Waals surface area contributed by atoms with Crippen LogP contribution < -0.4 is 5.32 Å². The first-order valence-electron chi connectivity index (χ1n) is 7.47. The lowest BCUT2D eigenvalue weighted by atomic mass is 10.2. The van der Waals surface area contributed by atoms with E-state index in [1.54, 1.807) is 11.6 Å². The van der Waals surface area contributed by atoms with Gasteiger partial charge in [0.15, 0.2) is 0 Å². The second-order valence-corrected chi connectivity index (χ2v) is 6.09. The fraction of sp³-hybridized carbons (Fsp3) is 0. The maximum atomic E-state index is 12.5. The Morgan fingerprint density at radius 1 is 0.958 bits per heavy atom. The molecule has 0 radical (unpaired) electrons. The average molecular weight is 331 g/mol. The van der Waals surface area contributed by atoms with Crippen LogP contribution in [0.1, 0.15) is 10.5 Å². The van der Waals surface area contributed by atoms with Gasteiger partial charge in [-0.15, -0.1) is 11.3 Å². The molecule has 2 aromatic carbocycles. The number of thiazole rings is 1. The second-order valence-electron chi connectivity index (χ2n) is 5.23. The molecule has 0 fully saturated rings. The van der Waals surface area contributed by atoms with E-state index in [1.807, 2.05) is 60.7 Å². The van der Waals surface area contributed by atoms with Crippen LogP contribution in [0.25, 0.3) is 21.5 Å². The summed E-state index contributed by atoms with van der Waals surface area (Å²) in [6.07, 6.45) is 1.74. The van der Waals surface area contributed by atoms with Crippen molar-refractivity contribution in [2.75, 3.05) is 5.32 Å². The first-order valence-corrected chi connectivity index (χ1v) is 8.35. The zero-order valence-electron chi connectivity index (χ0n) is 12.6. The van der Waals surface area contributed by atoms with E-state index in [0.29, 0.717) is 5.69 Å². The molecule has 0 spiro atoms. The summed E-state index contributed by atoms with van der Waals surface area (Å²) in [6.45, 7) is 0. The highest BCUT2D eigenvalue weighted by atomic mass is 32.1. The molecule has 0 aliphatic rings. The molecule has 24 heavy (non-hydrogen) atoms. The second kappa shape index (κ2) is 6.22. The SMILES string of the molecule is O=C(Nc1cccc2ncccc12)c1csc(-c2ccccc2)n1. The molecular formula is C19H13N3OS. The number of amides is 1. The number of hydrogen-bond donors (Lipinski definition) is 1. The minimum Gasteiger partial charge on any atom is -0.320 e. The molecule has 0 aliphatic carbocycles. The zero-order valence-corrected chi connectivity index (χ0v) is 13.5. The smallest absolute Gasteiger partial charge is 0.275 e. The first-order chi connectivity index (χ1) is 11.8. The first kappa shape index (κ1) is 14.5. The molecule has 0 unspecified atom stereocenters. The summed E-state index contributed by atoms with van der Waals surface area (Å²) >= 11 is 1.46. The minimum atomic E-state index is -0.218. The molecule has 0 bridgehead atoms. The molecule has 5 heteroatoms. The van der Waals surface area contributed by atoms with Gasteiger partial charge in [-0.05, 0) is 24.3 Å². The molecule has 1 amide bonds. The van der Waals surface area contributed by atoms with Gasteiger partial charge in [0.25, 0.3) is 5.91 Å². The van der Waals surface area contributed by atoms with E-state index < -0.39 is 0 Å². The summed E-state index contributed by atoms with van der Waals surface area (Å²) < 4.78 is 0. The number of carbonyl (C=O) groups is 1. The van der Waals surface area contributed by atoms with Crippen LogP contribution in [0.3, 0.4) is 0 Å². The van der Waals surface area contributed by atoms with Crippen LogP contribution in [0, 0.1) is 0 Å². The fourth-order valence-electron chi connectivity index (χ4n) is 2.49. The molecule has 116 valence electrons. The number of benzene rings is 2. The molecule has 4 rings (SSSR count). The van der Waals surface area contributed by atoms with Gasteiger partial charge in [-0.3, -0.25) is 9.78 Å². The van der Waals surface area contributed by atoms with Crippen molar-refractivity contribution in [1.29, 1.82) is 0 Å². The molecule has 4 nitrogen and oxygen atoms in total. The summed E-state index contributed by atoms with van der Waals surface area (Å²) in [7, 11) is 0. The molecule has 0 saturated carbocycles. The summed E-state index contributed by atoms with van der Waals surface area (Å²) in [5.74, 6) is -0.218. The van der Waals surface area contributed by atoms with Crippen molar-refractivity contribution >= 4 is 33.8 Å². The number of aromatic nitrogens is 2. The number of fused-ring (bicyclic) bond motifs is 1. The highest BCUT2D eigenvalue weighted by Gasteiger charge is 2.13. The normalized spacial score (nSPS) is 10.7. The van der Waals surface area contributed by atoms with E-state index in [0.717, 1.165) is 27.2 Å². The summed E-state index contributed by atoms with van der Waals surface area (Å²) in [6, 6.07) is 19.3. The predicted molar refractivity (Wildman–Crippen MR) is 97.2 cm³/mol. The Bertz CT molecular complexity index is 1010. The number of anilines is 1. The Balaban J connectivity index is 1.62. The largest absolute Gasteiger partial charge is 0.320 e. The van der Waals surface area contributed by atoms with E-state index in [9.17, 15) is 4.79 Å². The van der Waals surface area contributed by atoms with Crippen LogP contribution >= 0.6 is 11.3 Å². The monoisotopic (exact) mass is 331 g/mol. The van der Waals surface area contributed by atoms with Crippen molar-refractivity contribution < 1.29 is 4.79 Å². The van der Waals surface area contributed by atoms with Crippen molar-refractivity contribution in [1.82, 2.24) is 9.97 Å². The lowest BCUT2D eigenvalue weighted by Crippen LogP contribution is -2.12. The van der Waals surface area contributed by atoms with Crippen LogP contribution in [0.2, 0.25) is 0 Å². The Hall–Kier alpha value is -3.05. The molecule has 1 N–H and O–H groups in total. The van der Waals surface area contributed by atoms with Crippen LogP contribution in [0.15, 0.2) is 72.2 Å². The van der Waals surface area contributed by atoms with Crippen LogP contribution in [0.5, 0.6) is 0 Å². The van der Waals surface area contributed by atoms with E-state index in [4.69, 9.17) is 0 Å². The molecule has 4 aromatic rings. The number of rotatable bonds is 3. The van der Waals surface area contributed by atoms with E-state index in [1.165, 1.54) is 11.3 Å². The van der Waals surface area contributed by atoms with E-state index >= 15 is 0 Å². The van der Waals surface area contributed by atoms with E-state index in [2.05, 4.69) is 15.3 Å². The van der Waals surface area contributed by atoms with Crippen LogP contribution in [-0.2, 0) is 0 Å². The minimum absolute atomic E-state index is 0.218. The van der Waals surface area contributed by atoms with Gasteiger partial charge in [-0.25, -0.2) is 4.98 Å². The Morgan fingerprint density at radius 3 is 2.71 bits per heavy atom. The topological polar surface area (TPSA) is 54.9 Å². The maximum absolute atomic E-state index is 12.5. The highest BCUT2D eigenvalue weighted by Crippen LogP contribution is 2.25. The fourth-order valence-corrected chi connectivity index (χ4v) is 3.30. The number of carbonyl (C=O) groups excluding carboxylic acids is 1. The van der Waals surface area contributed by atoms with Gasteiger partial charge in [0.1, 0.15) is 10.7 Å². The standard InChI is InChI=1S/C19H13N3OS/c23-18(17-12-24-19(22-17)13-6-2-1-3-7-13)21-16-10-4-9-15-14(16)8-5-11-20-15/h1-12H,(H,21,23). The van der Waals surface area contributed by atoms with Crippen LogP contribution in [-0.4, -0.2) is 15.9 Å². The third kappa shape index (κ3) is 2.77. The number of nitrogens with one attached hydrogen (secondary N) is 1. The maximum Gasteiger partial charge on any atom is 0.275 e. The van der Waals surface area contributed by atoms with Gasteiger partial charge in [-0.1, -0.05) is 36.4 Å². The summed E-state index contributed by atoms with van der Waals surface area (Å²) in [5, 5.41) is 6.45. The van der Waals surface area contributed by atoms with Crippen LogP contribution in [0.4, 0.5) is 5.69 Å².